The normalized spacial score (nSPS) is 12.6. The molecular weight excluding hydrogens is 376 g/mol. The molecule has 1 atom stereocenters. The van der Waals surface area contributed by atoms with Gasteiger partial charge in [0.15, 0.2) is 5.76 Å². The fraction of sp³-hybridized carbons (Fsp3) is 0.250. The summed E-state index contributed by atoms with van der Waals surface area (Å²) in [6.45, 7) is 2.28. The zero-order valence-electron chi connectivity index (χ0n) is 15.8. The molecule has 0 bridgehead atoms. The summed E-state index contributed by atoms with van der Waals surface area (Å²) in [5.74, 6) is 0.365. The molecule has 1 N–H and O–H groups in total. The van der Waals surface area contributed by atoms with Crippen molar-refractivity contribution in [1.29, 1.82) is 0 Å². The van der Waals surface area contributed by atoms with E-state index in [-0.39, 0.29) is 11.9 Å². The van der Waals surface area contributed by atoms with E-state index in [1.165, 1.54) is 4.88 Å². The molecule has 0 spiro atoms. The van der Waals surface area contributed by atoms with E-state index in [9.17, 15) is 4.79 Å². The van der Waals surface area contributed by atoms with Gasteiger partial charge in [0.05, 0.1) is 28.9 Å². The van der Waals surface area contributed by atoms with Gasteiger partial charge in [0, 0.05) is 11.4 Å². The average Bonchev–Trinajstić information content (AvgIpc) is 3.43. The highest BCUT2D eigenvalue weighted by Crippen LogP contribution is 2.28. The first kappa shape index (κ1) is 18.4. The highest BCUT2D eigenvalue weighted by molar-refractivity contribution is 7.10. The minimum atomic E-state index is -0.199. The summed E-state index contributed by atoms with van der Waals surface area (Å²) in [6, 6.07) is 9.46. The molecule has 0 aromatic carbocycles. The predicted molar refractivity (Wildman–Crippen MR) is 107 cm³/mol. The van der Waals surface area contributed by atoms with Crippen LogP contribution in [-0.2, 0) is 0 Å². The highest BCUT2D eigenvalue weighted by atomic mass is 32.1. The monoisotopic (exact) mass is 396 g/mol. The number of aromatic nitrogens is 2. The quantitative estimate of drug-likeness (QED) is 0.532. The molecule has 0 aliphatic carbocycles. The lowest BCUT2D eigenvalue weighted by atomic mass is 10.1. The van der Waals surface area contributed by atoms with Crippen LogP contribution in [0.25, 0.3) is 22.6 Å². The minimum absolute atomic E-state index is 0.0920. The number of nitrogens with zero attached hydrogens (tertiary/aromatic N) is 3. The molecule has 0 saturated heterocycles. The average molecular weight is 396 g/mol. The molecule has 0 unspecified atom stereocenters. The van der Waals surface area contributed by atoms with Gasteiger partial charge in [-0.1, -0.05) is 11.2 Å². The molecule has 4 aromatic heterocycles. The van der Waals surface area contributed by atoms with E-state index in [4.69, 9.17) is 8.94 Å². The van der Waals surface area contributed by atoms with Gasteiger partial charge in [-0.15, -0.1) is 11.3 Å². The third-order valence-corrected chi connectivity index (χ3v) is 5.56. The van der Waals surface area contributed by atoms with Crippen LogP contribution in [0.3, 0.4) is 0 Å². The number of carbonyl (C=O) groups is 1. The van der Waals surface area contributed by atoms with Crippen LogP contribution in [-0.4, -0.2) is 41.6 Å². The van der Waals surface area contributed by atoms with E-state index in [0.29, 0.717) is 40.4 Å². The van der Waals surface area contributed by atoms with E-state index < -0.39 is 0 Å². The summed E-state index contributed by atoms with van der Waals surface area (Å²) in [5, 5.41) is 9.67. The van der Waals surface area contributed by atoms with Crippen molar-refractivity contribution in [3.8, 4) is 11.5 Å². The minimum Gasteiger partial charge on any atom is -0.463 e. The van der Waals surface area contributed by atoms with Gasteiger partial charge < -0.3 is 19.2 Å². The van der Waals surface area contributed by atoms with Crippen LogP contribution in [0.2, 0.25) is 0 Å². The summed E-state index contributed by atoms with van der Waals surface area (Å²) in [7, 11) is 4.00. The van der Waals surface area contributed by atoms with Crippen LogP contribution in [0.5, 0.6) is 0 Å². The van der Waals surface area contributed by atoms with Crippen molar-refractivity contribution in [3.63, 3.8) is 0 Å². The first-order valence-corrected chi connectivity index (χ1v) is 9.71. The highest BCUT2D eigenvalue weighted by Gasteiger charge is 2.22. The zero-order chi connectivity index (χ0) is 19.7. The lowest BCUT2D eigenvalue weighted by molar-refractivity contribution is 0.0944. The molecule has 4 aromatic rings. The number of amides is 1. The van der Waals surface area contributed by atoms with Crippen molar-refractivity contribution in [3.05, 3.63) is 58.1 Å². The Bertz CT molecular complexity index is 1080. The number of nitrogens with one attached hydrogen (secondary N) is 1. The number of furan rings is 1. The molecule has 8 heteroatoms. The number of aryl methyl sites for hydroxylation is 1. The molecule has 144 valence electrons. The fourth-order valence-electron chi connectivity index (χ4n) is 3.13. The van der Waals surface area contributed by atoms with Crippen LogP contribution >= 0.6 is 11.3 Å². The smallest absolute Gasteiger partial charge is 0.259 e. The van der Waals surface area contributed by atoms with Gasteiger partial charge in [0.25, 0.3) is 11.6 Å². The molecular formula is C20H20N4O3S. The Morgan fingerprint density at radius 3 is 2.86 bits per heavy atom. The van der Waals surface area contributed by atoms with Gasteiger partial charge in [-0.2, -0.15) is 0 Å². The molecule has 1 amide bonds. The largest absolute Gasteiger partial charge is 0.463 e. The van der Waals surface area contributed by atoms with Gasteiger partial charge >= 0.3 is 0 Å². The van der Waals surface area contributed by atoms with Gasteiger partial charge in [-0.3, -0.25) is 4.79 Å². The van der Waals surface area contributed by atoms with Crippen LogP contribution in [0.1, 0.15) is 27.0 Å². The lowest BCUT2D eigenvalue weighted by Crippen LogP contribution is -2.34. The Kier molecular flexibility index (Phi) is 4.97. The lowest BCUT2D eigenvalue weighted by Gasteiger charge is -2.23. The van der Waals surface area contributed by atoms with Crippen molar-refractivity contribution in [2.45, 2.75) is 13.0 Å². The Labute approximate surface area is 166 Å². The van der Waals surface area contributed by atoms with Crippen LogP contribution in [0.4, 0.5) is 0 Å². The number of carbonyl (C=O) groups excluding carboxylic acids is 1. The standard InChI is InChI=1S/C20H20N4O3S/c1-12-18-13(10-14(16-6-4-8-26-16)22-20(18)27-23-12)19(25)21-11-15(24(2)3)17-7-5-9-28-17/h4-10,15H,11H2,1-3H3,(H,21,25)/t15-/m1/s1. The van der Waals surface area contributed by atoms with E-state index >= 15 is 0 Å². The molecule has 7 nitrogen and oxygen atoms in total. The van der Waals surface area contributed by atoms with Crippen molar-refractivity contribution in [1.82, 2.24) is 20.4 Å². The van der Waals surface area contributed by atoms with Crippen molar-refractivity contribution in [2.75, 3.05) is 20.6 Å². The third-order valence-electron chi connectivity index (χ3n) is 4.59. The number of thiophene rings is 1. The number of hydrogen-bond donors (Lipinski definition) is 1. The van der Waals surface area contributed by atoms with E-state index in [2.05, 4.69) is 26.4 Å². The van der Waals surface area contributed by atoms with Crippen molar-refractivity contribution < 1.29 is 13.7 Å². The summed E-state index contributed by atoms with van der Waals surface area (Å²) >= 11 is 1.67. The molecule has 0 saturated carbocycles. The topological polar surface area (TPSA) is 84.4 Å². The fourth-order valence-corrected chi connectivity index (χ4v) is 4.05. The maximum atomic E-state index is 13.1. The number of pyridine rings is 1. The maximum absolute atomic E-state index is 13.1. The second kappa shape index (κ2) is 7.57. The van der Waals surface area contributed by atoms with Gasteiger partial charge in [-0.25, -0.2) is 4.98 Å². The Hall–Kier alpha value is -2.97. The number of likely N-dealkylation sites (N-methyl/N-ethyl adjacent to an activating group) is 1. The summed E-state index contributed by atoms with van der Waals surface area (Å²) in [5.41, 5.74) is 1.94. The van der Waals surface area contributed by atoms with E-state index in [1.54, 1.807) is 42.7 Å². The van der Waals surface area contributed by atoms with Gasteiger partial charge in [-0.05, 0) is 50.7 Å². The first-order chi connectivity index (χ1) is 13.5. The number of fused-ring (bicyclic) bond motifs is 1. The Balaban J connectivity index is 1.65. The zero-order valence-corrected chi connectivity index (χ0v) is 16.6. The number of rotatable bonds is 6. The second-order valence-corrected chi connectivity index (χ2v) is 7.66. The maximum Gasteiger partial charge on any atom is 0.259 e. The molecule has 4 heterocycles. The molecule has 0 aliphatic rings. The first-order valence-electron chi connectivity index (χ1n) is 8.83. The van der Waals surface area contributed by atoms with Gasteiger partial charge in [0.1, 0.15) is 5.69 Å². The van der Waals surface area contributed by atoms with Crippen molar-refractivity contribution in [2.24, 2.45) is 0 Å². The summed E-state index contributed by atoms with van der Waals surface area (Å²) < 4.78 is 10.7. The Morgan fingerprint density at radius 2 is 2.18 bits per heavy atom. The SMILES string of the molecule is Cc1noc2nc(-c3ccco3)cc(C(=O)NC[C@H](c3cccs3)N(C)C)c12. The molecule has 0 radical (unpaired) electrons. The van der Waals surface area contributed by atoms with Crippen LogP contribution in [0, 0.1) is 6.92 Å². The van der Waals surface area contributed by atoms with Crippen molar-refractivity contribution >= 4 is 28.3 Å². The third kappa shape index (κ3) is 3.44. The summed E-state index contributed by atoms with van der Waals surface area (Å²) in [4.78, 5) is 20.8. The van der Waals surface area contributed by atoms with Crippen LogP contribution < -0.4 is 5.32 Å². The van der Waals surface area contributed by atoms with Crippen LogP contribution in [0.15, 0.2) is 50.9 Å². The van der Waals surface area contributed by atoms with E-state index in [0.717, 1.165) is 0 Å². The van der Waals surface area contributed by atoms with E-state index in [1.807, 2.05) is 25.5 Å². The molecule has 28 heavy (non-hydrogen) atoms. The van der Waals surface area contributed by atoms with Gasteiger partial charge in [0.2, 0.25) is 0 Å². The second-order valence-electron chi connectivity index (χ2n) is 6.69. The summed E-state index contributed by atoms with van der Waals surface area (Å²) in [6.07, 6.45) is 1.56. The molecule has 0 fully saturated rings. The molecule has 0 aliphatic heterocycles. The number of hydrogen-bond acceptors (Lipinski definition) is 7. The predicted octanol–water partition coefficient (Wildman–Crippen LogP) is 3.89. The Morgan fingerprint density at radius 1 is 1.32 bits per heavy atom. The molecule has 4 rings (SSSR count).